The molecule has 0 N–H and O–H groups in total. The smallest absolute Gasteiger partial charge is 0.258 e. The molecule has 1 aromatic carbocycles. The molecule has 0 saturated carbocycles. The number of halogens is 1. The Morgan fingerprint density at radius 2 is 2.18 bits per heavy atom. The van der Waals surface area contributed by atoms with Gasteiger partial charge >= 0.3 is 0 Å². The molecule has 0 aliphatic rings. The Kier molecular flexibility index (Phi) is 4.03. The molecule has 0 aromatic heterocycles. The van der Waals surface area contributed by atoms with E-state index in [4.69, 9.17) is 22.1 Å². The number of nitro groups is 1. The van der Waals surface area contributed by atoms with Crippen LogP contribution in [-0.4, -0.2) is 4.92 Å². The van der Waals surface area contributed by atoms with E-state index in [2.05, 4.69) is 0 Å². The third-order valence-electron chi connectivity index (χ3n) is 2.35. The number of aryl methyl sites for hydroxylation is 1. The van der Waals surface area contributed by atoms with Gasteiger partial charge in [0.25, 0.3) is 5.69 Å². The lowest BCUT2D eigenvalue weighted by molar-refractivity contribution is -0.385. The average molecular weight is 250 g/mol. The van der Waals surface area contributed by atoms with E-state index in [1.165, 1.54) is 6.07 Å². The molecule has 0 unspecified atom stereocenters. The van der Waals surface area contributed by atoms with Crippen molar-refractivity contribution in [3.05, 3.63) is 37.9 Å². The van der Waals surface area contributed by atoms with E-state index >= 15 is 0 Å². The maximum atomic E-state index is 10.9. The van der Waals surface area contributed by atoms with E-state index in [1.54, 1.807) is 6.07 Å². The number of rotatable bonds is 3. The van der Waals surface area contributed by atoms with Crippen LogP contribution in [0.25, 0.3) is 0 Å². The first kappa shape index (κ1) is 13.0. The molecular formula is C11H8ClN3O2. The van der Waals surface area contributed by atoms with Gasteiger partial charge in [-0.2, -0.15) is 10.5 Å². The maximum Gasteiger partial charge on any atom is 0.292 e. The van der Waals surface area contributed by atoms with E-state index < -0.39 is 4.92 Å². The minimum absolute atomic E-state index is 0.0542. The molecule has 0 heterocycles. The monoisotopic (exact) mass is 249 g/mol. The summed E-state index contributed by atoms with van der Waals surface area (Å²) in [5.41, 5.74) is 0.340. The minimum Gasteiger partial charge on any atom is -0.258 e. The van der Waals surface area contributed by atoms with Gasteiger partial charge in [0.15, 0.2) is 0 Å². The van der Waals surface area contributed by atoms with Crippen LogP contribution in [0.5, 0.6) is 0 Å². The van der Waals surface area contributed by atoms with Crippen molar-refractivity contribution in [2.45, 2.75) is 19.8 Å². The van der Waals surface area contributed by atoms with Crippen LogP contribution in [0.3, 0.4) is 0 Å². The molecule has 0 fully saturated rings. The molecule has 0 bridgehead atoms. The molecule has 1 aromatic rings. The van der Waals surface area contributed by atoms with Crippen molar-refractivity contribution in [2.75, 3.05) is 0 Å². The van der Waals surface area contributed by atoms with Gasteiger partial charge in [0, 0.05) is 0 Å². The van der Waals surface area contributed by atoms with Gasteiger partial charge in [-0.05, 0) is 18.1 Å². The highest BCUT2D eigenvalue weighted by molar-refractivity contribution is 6.32. The summed E-state index contributed by atoms with van der Waals surface area (Å²) in [7, 11) is 0. The molecule has 86 valence electrons. The van der Waals surface area contributed by atoms with E-state index in [0.29, 0.717) is 12.0 Å². The summed E-state index contributed by atoms with van der Waals surface area (Å²) in [6, 6.07) is 5.00. The van der Waals surface area contributed by atoms with Crippen LogP contribution in [0.4, 0.5) is 5.69 Å². The predicted molar refractivity (Wildman–Crippen MR) is 61.5 cm³/mol. The first-order chi connectivity index (χ1) is 8.06. The predicted octanol–water partition coefficient (Wildman–Crippen LogP) is 2.75. The molecule has 17 heavy (non-hydrogen) atoms. The van der Waals surface area contributed by atoms with Crippen LogP contribution in [0.2, 0.25) is 5.02 Å². The molecule has 1 rings (SSSR count). The van der Waals surface area contributed by atoms with Gasteiger partial charge in [0.05, 0.1) is 28.0 Å². The van der Waals surface area contributed by atoms with Crippen LogP contribution < -0.4 is 0 Å². The summed E-state index contributed by atoms with van der Waals surface area (Å²) in [6.45, 7) is 1.82. The van der Waals surface area contributed by atoms with E-state index in [1.807, 2.05) is 13.0 Å². The topological polar surface area (TPSA) is 90.7 Å². The fourth-order valence-electron chi connectivity index (χ4n) is 1.56. The van der Waals surface area contributed by atoms with Crippen molar-refractivity contribution in [3.8, 4) is 12.1 Å². The first-order valence-electron chi connectivity index (χ1n) is 4.82. The highest BCUT2D eigenvalue weighted by Crippen LogP contribution is 2.33. The van der Waals surface area contributed by atoms with Gasteiger partial charge in [-0.15, -0.1) is 0 Å². The largest absolute Gasteiger partial charge is 0.292 e. The molecule has 0 saturated heterocycles. The SMILES string of the molecule is CCc1cc(C#N)c([N+](=O)[O-])c(CC#N)c1Cl. The Morgan fingerprint density at radius 3 is 2.59 bits per heavy atom. The lowest BCUT2D eigenvalue weighted by Gasteiger charge is -2.08. The summed E-state index contributed by atoms with van der Waals surface area (Å²) in [4.78, 5) is 10.2. The van der Waals surface area contributed by atoms with Crippen LogP contribution in [0.15, 0.2) is 6.07 Å². The summed E-state index contributed by atoms with van der Waals surface area (Å²) in [5.74, 6) is 0. The zero-order chi connectivity index (χ0) is 13.0. The van der Waals surface area contributed by atoms with Crippen molar-refractivity contribution >= 4 is 17.3 Å². The van der Waals surface area contributed by atoms with Crippen molar-refractivity contribution in [3.63, 3.8) is 0 Å². The Labute approximate surface area is 103 Å². The average Bonchev–Trinajstić information content (AvgIpc) is 2.31. The normalized spacial score (nSPS) is 9.41. The zero-order valence-electron chi connectivity index (χ0n) is 9.03. The number of hydrogen-bond acceptors (Lipinski definition) is 4. The molecular weight excluding hydrogens is 242 g/mol. The molecule has 0 atom stereocenters. The lowest BCUT2D eigenvalue weighted by Crippen LogP contribution is -2.02. The third kappa shape index (κ3) is 2.35. The van der Waals surface area contributed by atoms with Crippen LogP contribution in [-0.2, 0) is 12.8 Å². The number of hydrogen-bond donors (Lipinski definition) is 0. The van der Waals surface area contributed by atoms with E-state index in [-0.39, 0.29) is 28.3 Å². The van der Waals surface area contributed by atoms with Gasteiger partial charge < -0.3 is 0 Å². The van der Waals surface area contributed by atoms with Crippen molar-refractivity contribution in [1.82, 2.24) is 0 Å². The van der Waals surface area contributed by atoms with Gasteiger partial charge in [-0.25, -0.2) is 0 Å². The first-order valence-corrected chi connectivity index (χ1v) is 5.20. The maximum absolute atomic E-state index is 10.9. The summed E-state index contributed by atoms with van der Waals surface area (Å²) in [6.07, 6.45) is 0.363. The number of nitriles is 2. The number of nitro benzene ring substituents is 1. The summed E-state index contributed by atoms with van der Waals surface area (Å²) >= 11 is 6.00. The van der Waals surface area contributed by atoms with Gasteiger partial charge in [0.2, 0.25) is 0 Å². The van der Waals surface area contributed by atoms with Crippen LogP contribution in [0, 0.1) is 32.8 Å². The fourth-order valence-corrected chi connectivity index (χ4v) is 1.90. The Morgan fingerprint density at radius 1 is 1.53 bits per heavy atom. The molecule has 0 spiro atoms. The lowest BCUT2D eigenvalue weighted by atomic mass is 10.00. The van der Waals surface area contributed by atoms with Gasteiger partial charge in [-0.1, -0.05) is 18.5 Å². The van der Waals surface area contributed by atoms with E-state index in [0.717, 1.165) is 0 Å². The fraction of sp³-hybridized carbons (Fsp3) is 0.273. The second-order valence-electron chi connectivity index (χ2n) is 3.28. The minimum atomic E-state index is -0.670. The molecule has 0 aliphatic carbocycles. The number of nitrogens with zero attached hydrogens (tertiary/aromatic N) is 3. The van der Waals surface area contributed by atoms with Gasteiger partial charge in [-0.3, -0.25) is 10.1 Å². The quantitative estimate of drug-likeness (QED) is 0.608. The van der Waals surface area contributed by atoms with Crippen LogP contribution in [0.1, 0.15) is 23.6 Å². The molecule has 0 aliphatic heterocycles. The van der Waals surface area contributed by atoms with E-state index in [9.17, 15) is 10.1 Å². The highest BCUT2D eigenvalue weighted by Gasteiger charge is 2.24. The number of benzene rings is 1. The van der Waals surface area contributed by atoms with Crippen molar-refractivity contribution in [2.24, 2.45) is 0 Å². The summed E-state index contributed by atoms with van der Waals surface area (Å²) in [5, 5.41) is 28.7. The third-order valence-corrected chi connectivity index (χ3v) is 2.82. The summed E-state index contributed by atoms with van der Waals surface area (Å²) < 4.78 is 0. The second-order valence-corrected chi connectivity index (χ2v) is 3.66. The highest BCUT2D eigenvalue weighted by atomic mass is 35.5. The molecule has 5 nitrogen and oxygen atoms in total. The molecule has 0 radical (unpaired) electrons. The van der Waals surface area contributed by atoms with Gasteiger partial charge in [0.1, 0.15) is 11.6 Å². The molecule has 6 heteroatoms. The van der Waals surface area contributed by atoms with Crippen molar-refractivity contribution < 1.29 is 4.92 Å². The standard InChI is InChI=1S/C11H8ClN3O2/c1-2-7-5-8(6-14)11(15(16)17)9(3-4-13)10(7)12/h5H,2-3H2,1H3. The van der Waals surface area contributed by atoms with Crippen molar-refractivity contribution in [1.29, 1.82) is 10.5 Å². The second kappa shape index (κ2) is 5.29. The Bertz CT molecular complexity index is 555. The molecule has 0 amide bonds. The van der Waals surface area contributed by atoms with Crippen LogP contribution >= 0.6 is 11.6 Å². The Hall–Kier alpha value is -2.11. The Balaban J connectivity index is 3.68. The zero-order valence-corrected chi connectivity index (χ0v) is 9.78.